The van der Waals surface area contributed by atoms with Crippen molar-refractivity contribution < 1.29 is 19.8 Å². The molecule has 1 saturated heterocycles. The molecule has 3 N–H and O–H groups in total. The maximum atomic E-state index is 12.2. The molecule has 0 radical (unpaired) electrons. The van der Waals surface area contributed by atoms with Crippen LogP contribution in [-0.2, 0) is 9.59 Å². The van der Waals surface area contributed by atoms with Crippen LogP contribution in [-0.4, -0.2) is 44.7 Å². The molecule has 122 valence electrons. The van der Waals surface area contributed by atoms with E-state index in [4.69, 9.17) is 0 Å². The lowest BCUT2D eigenvalue weighted by atomic mass is 9.87. The molecule has 0 atom stereocenters. The number of hydrogen-bond donors (Lipinski definition) is 3. The van der Waals surface area contributed by atoms with Crippen LogP contribution >= 0.6 is 11.8 Å². The molecule has 6 heteroatoms. The van der Waals surface area contributed by atoms with Crippen molar-refractivity contribution in [3.8, 4) is 0 Å². The van der Waals surface area contributed by atoms with Gasteiger partial charge in [0, 0.05) is 0 Å². The number of carboxylic acid groups (broad SMARTS) is 1. The Labute approximate surface area is 130 Å². The van der Waals surface area contributed by atoms with Crippen LogP contribution in [0.4, 0.5) is 0 Å². The minimum atomic E-state index is -1.15. The molecule has 0 aromatic heterocycles. The summed E-state index contributed by atoms with van der Waals surface area (Å²) in [6.07, 6.45) is 3.58. The van der Waals surface area contributed by atoms with Gasteiger partial charge in [-0.1, -0.05) is 26.7 Å². The van der Waals surface area contributed by atoms with Crippen LogP contribution in [0.3, 0.4) is 0 Å². The van der Waals surface area contributed by atoms with E-state index in [0.29, 0.717) is 25.7 Å². The molecular formula is C15H27NO4S. The number of hydrogen-bond acceptors (Lipinski definition) is 4. The largest absolute Gasteiger partial charge is 0.480 e. The summed E-state index contributed by atoms with van der Waals surface area (Å²) in [7, 11) is 0. The van der Waals surface area contributed by atoms with Crippen molar-refractivity contribution in [3.63, 3.8) is 0 Å². The van der Waals surface area contributed by atoms with E-state index in [1.807, 2.05) is 13.8 Å². The number of rotatable bonds is 8. The van der Waals surface area contributed by atoms with Crippen LogP contribution in [0.15, 0.2) is 0 Å². The highest BCUT2D eigenvalue weighted by atomic mass is 32.2. The first kappa shape index (κ1) is 18.3. The number of aliphatic carboxylic acids is 1. The standard InChI is InChI=1S/C15H27NO4S/c1-3-5-14(20,6-4-2)11-12(17)16-15(13(18)19)7-9-21-10-8-15/h20H,3-11H2,1-2H3,(H,16,17)(H,18,19). The quantitative estimate of drug-likeness (QED) is 0.639. The van der Waals surface area contributed by atoms with Gasteiger partial charge in [0.25, 0.3) is 0 Å². The molecule has 1 aliphatic rings. The van der Waals surface area contributed by atoms with Crippen LogP contribution in [0.2, 0.25) is 0 Å². The molecule has 5 nitrogen and oxygen atoms in total. The topological polar surface area (TPSA) is 86.6 Å². The van der Waals surface area contributed by atoms with Gasteiger partial charge in [0.1, 0.15) is 5.54 Å². The highest BCUT2D eigenvalue weighted by Crippen LogP contribution is 2.29. The van der Waals surface area contributed by atoms with Crippen LogP contribution < -0.4 is 5.32 Å². The van der Waals surface area contributed by atoms with Crippen molar-refractivity contribution in [1.82, 2.24) is 5.32 Å². The molecule has 1 aliphatic heterocycles. The molecule has 1 rings (SSSR count). The molecule has 1 amide bonds. The fourth-order valence-electron chi connectivity index (χ4n) is 2.95. The van der Waals surface area contributed by atoms with Crippen molar-refractivity contribution >= 4 is 23.6 Å². The second kappa shape index (κ2) is 8.03. The van der Waals surface area contributed by atoms with Gasteiger partial charge in [0.15, 0.2) is 0 Å². The van der Waals surface area contributed by atoms with E-state index in [1.54, 1.807) is 11.8 Å². The summed E-state index contributed by atoms with van der Waals surface area (Å²) in [5.74, 6) is 0.154. The van der Waals surface area contributed by atoms with Gasteiger partial charge in [0.05, 0.1) is 12.0 Å². The number of thioether (sulfide) groups is 1. The number of carbonyl (C=O) groups excluding carboxylic acids is 1. The average molecular weight is 317 g/mol. The predicted octanol–water partition coefficient (Wildman–Crippen LogP) is 2.17. The summed E-state index contributed by atoms with van der Waals surface area (Å²) < 4.78 is 0. The number of nitrogens with one attached hydrogen (secondary N) is 1. The van der Waals surface area contributed by atoms with Crippen LogP contribution in [0, 0.1) is 0 Å². The van der Waals surface area contributed by atoms with E-state index < -0.39 is 17.1 Å². The van der Waals surface area contributed by atoms with Gasteiger partial charge in [-0.25, -0.2) is 4.79 Å². The molecule has 0 unspecified atom stereocenters. The molecule has 0 aromatic carbocycles. The Hall–Kier alpha value is -0.750. The van der Waals surface area contributed by atoms with E-state index in [0.717, 1.165) is 24.3 Å². The second-order valence-corrected chi connectivity index (χ2v) is 7.17. The van der Waals surface area contributed by atoms with E-state index >= 15 is 0 Å². The SMILES string of the molecule is CCCC(O)(CCC)CC(=O)NC1(C(=O)O)CCSCC1. The smallest absolute Gasteiger partial charge is 0.329 e. The number of aliphatic hydroxyl groups is 1. The molecule has 1 fully saturated rings. The highest BCUT2D eigenvalue weighted by Gasteiger charge is 2.42. The third-order valence-corrected chi connectivity index (χ3v) is 5.04. The summed E-state index contributed by atoms with van der Waals surface area (Å²) in [6, 6.07) is 0. The lowest BCUT2D eigenvalue weighted by Crippen LogP contribution is -2.57. The van der Waals surface area contributed by atoms with Crippen molar-refractivity contribution in [3.05, 3.63) is 0 Å². The van der Waals surface area contributed by atoms with Crippen LogP contribution in [0.1, 0.15) is 58.8 Å². The van der Waals surface area contributed by atoms with Gasteiger partial charge in [-0.3, -0.25) is 4.79 Å². The van der Waals surface area contributed by atoms with Gasteiger partial charge in [0.2, 0.25) is 5.91 Å². The lowest BCUT2D eigenvalue weighted by Gasteiger charge is -2.35. The van der Waals surface area contributed by atoms with E-state index in [2.05, 4.69) is 5.32 Å². The van der Waals surface area contributed by atoms with Gasteiger partial charge in [-0.2, -0.15) is 11.8 Å². The Kier molecular flexibility index (Phi) is 7.00. The van der Waals surface area contributed by atoms with Crippen molar-refractivity contribution in [2.24, 2.45) is 0 Å². The molecule has 0 aliphatic carbocycles. The monoisotopic (exact) mass is 317 g/mol. The minimum absolute atomic E-state index is 0.0170. The van der Waals surface area contributed by atoms with E-state index in [1.165, 1.54) is 0 Å². The Balaban J connectivity index is 2.71. The van der Waals surface area contributed by atoms with Gasteiger partial charge < -0.3 is 15.5 Å². The molecular weight excluding hydrogens is 290 g/mol. The molecule has 0 aromatic rings. The zero-order chi connectivity index (χ0) is 15.9. The van der Waals surface area contributed by atoms with Crippen LogP contribution in [0.5, 0.6) is 0 Å². The first-order valence-corrected chi connectivity index (χ1v) is 8.87. The van der Waals surface area contributed by atoms with Crippen molar-refractivity contribution in [2.75, 3.05) is 11.5 Å². The highest BCUT2D eigenvalue weighted by molar-refractivity contribution is 7.99. The summed E-state index contributed by atoms with van der Waals surface area (Å²) in [6.45, 7) is 3.94. The average Bonchev–Trinajstić information content (AvgIpc) is 2.39. The Bertz CT molecular complexity index is 361. The maximum absolute atomic E-state index is 12.2. The first-order chi connectivity index (χ1) is 9.87. The third kappa shape index (κ3) is 5.18. The number of amides is 1. The zero-order valence-corrected chi connectivity index (χ0v) is 13.8. The predicted molar refractivity (Wildman–Crippen MR) is 84.5 cm³/mol. The molecule has 0 bridgehead atoms. The summed E-state index contributed by atoms with van der Waals surface area (Å²) in [5, 5.41) is 22.7. The third-order valence-electron chi connectivity index (χ3n) is 4.05. The molecule has 21 heavy (non-hydrogen) atoms. The van der Waals surface area contributed by atoms with Crippen LogP contribution in [0.25, 0.3) is 0 Å². The second-order valence-electron chi connectivity index (χ2n) is 5.95. The van der Waals surface area contributed by atoms with Gasteiger partial charge in [-0.05, 0) is 37.2 Å². The Morgan fingerprint density at radius 2 is 1.71 bits per heavy atom. The Morgan fingerprint density at radius 1 is 1.19 bits per heavy atom. The fraction of sp³-hybridized carbons (Fsp3) is 0.867. The molecule has 0 spiro atoms. The van der Waals surface area contributed by atoms with Crippen molar-refractivity contribution in [1.29, 1.82) is 0 Å². The van der Waals surface area contributed by atoms with Crippen molar-refractivity contribution in [2.45, 2.75) is 69.9 Å². The van der Waals surface area contributed by atoms with Gasteiger partial charge >= 0.3 is 5.97 Å². The number of carbonyl (C=O) groups is 2. The summed E-state index contributed by atoms with van der Waals surface area (Å²) >= 11 is 1.71. The fourth-order valence-corrected chi connectivity index (χ4v) is 4.14. The summed E-state index contributed by atoms with van der Waals surface area (Å²) in [4.78, 5) is 23.8. The lowest BCUT2D eigenvalue weighted by molar-refractivity contribution is -0.149. The van der Waals surface area contributed by atoms with E-state index in [-0.39, 0.29) is 12.3 Å². The Morgan fingerprint density at radius 3 is 2.14 bits per heavy atom. The molecule has 0 saturated carbocycles. The minimum Gasteiger partial charge on any atom is -0.480 e. The first-order valence-electron chi connectivity index (χ1n) is 7.72. The summed E-state index contributed by atoms with van der Waals surface area (Å²) in [5.41, 5.74) is -2.17. The zero-order valence-electron chi connectivity index (χ0n) is 13.0. The molecule has 1 heterocycles. The maximum Gasteiger partial charge on any atom is 0.329 e. The number of carboxylic acids is 1. The van der Waals surface area contributed by atoms with E-state index in [9.17, 15) is 19.8 Å². The normalized spacial score (nSPS) is 18.2. The van der Waals surface area contributed by atoms with Gasteiger partial charge in [-0.15, -0.1) is 0 Å².